The summed E-state index contributed by atoms with van der Waals surface area (Å²) >= 11 is 0. The van der Waals surface area contributed by atoms with Crippen LogP contribution in [0.1, 0.15) is 12.5 Å². The Kier molecular flexibility index (Phi) is 4.54. The molecule has 4 nitrogen and oxygen atoms in total. The Morgan fingerprint density at radius 2 is 2.06 bits per heavy atom. The number of aryl methyl sites for hydroxylation is 1. The lowest BCUT2D eigenvalue weighted by Gasteiger charge is -2.03. The minimum atomic E-state index is -0.382. The normalized spacial score (nSPS) is 11.1. The zero-order chi connectivity index (χ0) is 12.0. The predicted molar refractivity (Wildman–Crippen MR) is 62.4 cm³/mol. The molecule has 1 aromatic rings. The van der Waals surface area contributed by atoms with Crippen molar-refractivity contribution in [2.45, 2.75) is 13.8 Å². The van der Waals surface area contributed by atoms with Crippen molar-refractivity contribution >= 4 is 11.7 Å². The van der Waals surface area contributed by atoms with Crippen molar-refractivity contribution in [1.29, 1.82) is 0 Å². The summed E-state index contributed by atoms with van der Waals surface area (Å²) in [5.41, 5.74) is 5.81. The summed E-state index contributed by atoms with van der Waals surface area (Å²) in [6, 6.07) is 7.83. The molecule has 16 heavy (non-hydrogen) atoms. The summed E-state index contributed by atoms with van der Waals surface area (Å²) in [5, 5.41) is 3.01. The van der Waals surface area contributed by atoms with E-state index < -0.39 is 0 Å². The van der Waals surface area contributed by atoms with Crippen molar-refractivity contribution in [2.24, 2.45) is 0 Å². The summed E-state index contributed by atoms with van der Waals surface area (Å²) < 4.78 is 4.77. The number of esters is 1. The van der Waals surface area contributed by atoms with Gasteiger partial charge in [0.25, 0.3) is 0 Å². The Bertz CT molecular complexity index is 383. The fraction of sp³-hybridized carbons (Fsp3) is 0.250. The topological polar surface area (TPSA) is 66.0 Å². The van der Waals surface area contributed by atoms with Gasteiger partial charge >= 0.3 is 5.97 Å². The standard InChI is InChI=1S/C12H16N2O2/c1-3-16-12(15)8-11(13)14-10-6-4-9(2)5-7-10/h4-8,14H,3,13H2,1-2H3/p+1. The van der Waals surface area contributed by atoms with Crippen LogP contribution in [0.2, 0.25) is 0 Å². The fourth-order valence-corrected chi connectivity index (χ4v) is 1.18. The average molecular weight is 221 g/mol. The van der Waals surface area contributed by atoms with E-state index in [2.05, 4.69) is 11.1 Å². The SMILES string of the molecule is CCOC(=O)C=C([NH3+])Nc1ccc(C)cc1. The summed E-state index contributed by atoms with van der Waals surface area (Å²) in [4.78, 5) is 11.1. The number of rotatable bonds is 4. The lowest BCUT2D eigenvalue weighted by molar-refractivity contribution is -0.299. The van der Waals surface area contributed by atoms with Crippen LogP contribution in [0.4, 0.5) is 5.69 Å². The molecule has 0 fully saturated rings. The van der Waals surface area contributed by atoms with Crippen LogP contribution in [0, 0.1) is 6.92 Å². The van der Waals surface area contributed by atoms with E-state index in [0.717, 1.165) is 5.69 Å². The third-order valence-corrected chi connectivity index (χ3v) is 1.94. The van der Waals surface area contributed by atoms with Crippen LogP contribution in [0.25, 0.3) is 0 Å². The van der Waals surface area contributed by atoms with Crippen LogP contribution in [0.3, 0.4) is 0 Å². The molecule has 4 heteroatoms. The Hall–Kier alpha value is -1.81. The second kappa shape index (κ2) is 5.92. The van der Waals surface area contributed by atoms with Gasteiger partial charge in [0.2, 0.25) is 5.82 Å². The molecule has 1 aromatic carbocycles. The minimum absolute atomic E-state index is 0.368. The maximum atomic E-state index is 11.1. The molecule has 0 unspecified atom stereocenters. The molecule has 0 radical (unpaired) electrons. The maximum Gasteiger partial charge on any atom is 0.338 e. The van der Waals surface area contributed by atoms with Crippen LogP contribution >= 0.6 is 0 Å². The van der Waals surface area contributed by atoms with Crippen molar-refractivity contribution in [3.05, 3.63) is 41.7 Å². The van der Waals surface area contributed by atoms with Crippen LogP contribution in [0.5, 0.6) is 0 Å². The van der Waals surface area contributed by atoms with E-state index >= 15 is 0 Å². The molecule has 0 amide bonds. The van der Waals surface area contributed by atoms with E-state index in [1.165, 1.54) is 11.6 Å². The summed E-state index contributed by atoms with van der Waals surface area (Å²) in [7, 11) is 0. The van der Waals surface area contributed by atoms with Gasteiger partial charge < -0.3 is 15.8 Å². The zero-order valence-electron chi connectivity index (χ0n) is 9.62. The number of carbonyl (C=O) groups is 1. The number of ether oxygens (including phenoxy) is 1. The number of carbonyl (C=O) groups excluding carboxylic acids is 1. The molecular formula is C12H17N2O2+. The smallest absolute Gasteiger partial charge is 0.338 e. The van der Waals surface area contributed by atoms with E-state index in [0.29, 0.717) is 12.4 Å². The highest BCUT2D eigenvalue weighted by atomic mass is 16.5. The van der Waals surface area contributed by atoms with Crippen molar-refractivity contribution in [1.82, 2.24) is 0 Å². The summed E-state index contributed by atoms with van der Waals surface area (Å²) in [6.45, 7) is 4.15. The first-order chi connectivity index (χ1) is 7.61. The Labute approximate surface area is 95.1 Å². The van der Waals surface area contributed by atoms with Gasteiger partial charge in [-0.05, 0) is 26.0 Å². The average Bonchev–Trinajstić information content (AvgIpc) is 2.21. The van der Waals surface area contributed by atoms with E-state index in [4.69, 9.17) is 4.74 Å². The van der Waals surface area contributed by atoms with Gasteiger partial charge in [-0.15, -0.1) is 0 Å². The van der Waals surface area contributed by atoms with E-state index in [-0.39, 0.29) is 5.97 Å². The fourth-order valence-electron chi connectivity index (χ4n) is 1.18. The highest BCUT2D eigenvalue weighted by Crippen LogP contribution is 2.09. The summed E-state index contributed by atoms with van der Waals surface area (Å²) in [5.74, 6) is 0.134. The first-order valence-corrected chi connectivity index (χ1v) is 5.16. The van der Waals surface area contributed by atoms with Crippen LogP contribution < -0.4 is 11.1 Å². The maximum absolute atomic E-state index is 11.1. The van der Waals surface area contributed by atoms with Crippen molar-refractivity contribution in [2.75, 3.05) is 11.9 Å². The minimum Gasteiger partial charge on any atom is -0.463 e. The van der Waals surface area contributed by atoms with E-state index in [9.17, 15) is 4.79 Å². The van der Waals surface area contributed by atoms with Crippen LogP contribution in [0.15, 0.2) is 36.2 Å². The van der Waals surface area contributed by atoms with Crippen LogP contribution in [-0.4, -0.2) is 12.6 Å². The molecule has 0 spiro atoms. The molecule has 0 aliphatic rings. The molecule has 0 saturated heterocycles. The molecule has 0 aromatic heterocycles. The van der Waals surface area contributed by atoms with Gasteiger partial charge in [0.05, 0.1) is 6.61 Å². The van der Waals surface area contributed by atoms with Gasteiger partial charge in [0.1, 0.15) is 6.08 Å². The second-order valence-electron chi connectivity index (χ2n) is 3.41. The van der Waals surface area contributed by atoms with Crippen molar-refractivity contribution < 1.29 is 15.3 Å². The predicted octanol–water partition coefficient (Wildman–Crippen LogP) is 1.05. The molecular weight excluding hydrogens is 204 g/mol. The first-order valence-electron chi connectivity index (χ1n) is 5.16. The number of hydrogen-bond donors (Lipinski definition) is 2. The number of nitrogens with one attached hydrogen (secondary N) is 1. The third-order valence-electron chi connectivity index (χ3n) is 1.94. The van der Waals surface area contributed by atoms with Crippen molar-refractivity contribution in [3.63, 3.8) is 0 Å². The molecule has 0 atom stereocenters. The summed E-state index contributed by atoms with van der Waals surface area (Å²) in [6.07, 6.45) is 1.34. The van der Waals surface area contributed by atoms with Gasteiger partial charge in [-0.25, -0.2) is 4.79 Å². The van der Waals surface area contributed by atoms with Gasteiger partial charge in [-0.2, -0.15) is 0 Å². The molecule has 0 saturated carbocycles. The third kappa shape index (κ3) is 4.14. The molecule has 86 valence electrons. The molecule has 1 rings (SSSR count). The second-order valence-corrected chi connectivity index (χ2v) is 3.41. The highest BCUT2D eigenvalue weighted by molar-refractivity contribution is 5.82. The van der Waals surface area contributed by atoms with Crippen molar-refractivity contribution in [3.8, 4) is 0 Å². The van der Waals surface area contributed by atoms with Gasteiger partial charge in [-0.1, -0.05) is 17.7 Å². The molecule has 0 aliphatic carbocycles. The molecule has 0 heterocycles. The Balaban J connectivity index is 2.60. The first kappa shape index (κ1) is 12.3. The molecule has 4 N–H and O–H groups in total. The van der Waals surface area contributed by atoms with E-state index in [1.807, 2.05) is 31.2 Å². The number of benzene rings is 1. The van der Waals surface area contributed by atoms with Gasteiger partial charge in [0.15, 0.2) is 0 Å². The molecule has 0 bridgehead atoms. The van der Waals surface area contributed by atoms with Crippen LogP contribution in [-0.2, 0) is 9.53 Å². The van der Waals surface area contributed by atoms with E-state index in [1.54, 1.807) is 6.92 Å². The monoisotopic (exact) mass is 221 g/mol. The quantitative estimate of drug-likeness (QED) is 0.590. The lowest BCUT2D eigenvalue weighted by Crippen LogP contribution is -2.51. The Morgan fingerprint density at radius 3 is 2.62 bits per heavy atom. The number of quaternary nitrogens is 1. The van der Waals surface area contributed by atoms with Gasteiger partial charge in [-0.3, -0.25) is 0 Å². The highest BCUT2D eigenvalue weighted by Gasteiger charge is 2.02. The Morgan fingerprint density at radius 1 is 1.44 bits per heavy atom. The lowest BCUT2D eigenvalue weighted by atomic mass is 10.2. The zero-order valence-corrected chi connectivity index (χ0v) is 9.62. The number of hydrogen-bond acceptors (Lipinski definition) is 3. The largest absolute Gasteiger partial charge is 0.463 e. The van der Waals surface area contributed by atoms with Gasteiger partial charge in [0, 0.05) is 5.69 Å². The molecule has 0 aliphatic heterocycles. The number of anilines is 1.